The fourth-order valence-corrected chi connectivity index (χ4v) is 3.26. The Bertz CT molecular complexity index is 697. The first kappa shape index (κ1) is 14.7. The topological polar surface area (TPSA) is 35.2 Å². The van der Waals surface area contributed by atoms with Crippen LogP contribution in [-0.4, -0.2) is 12.1 Å². The van der Waals surface area contributed by atoms with E-state index in [1.807, 2.05) is 19.1 Å². The number of rotatable bonds is 2. The first-order valence-electron chi connectivity index (χ1n) is 6.97. The SMILES string of the molecule is Cc1cc2c(c(-c3ccc(Cl)cc3Cl)c1)OC(C(C)N)C2. The van der Waals surface area contributed by atoms with Gasteiger partial charge in [-0.1, -0.05) is 35.3 Å². The average molecular weight is 322 g/mol. The van der Waals surface area contributed by atoms with Gasteiger partial charge in [0.15, 0.2) is 0 Å². The molecule has 0 saturated carbocycles. The second-order valence-corrected chi connectivity index (χ2v) is 6.49. The third-order valence-electron chi connectivity index (χ3n) is 3.81. The maximum absolute atomic E-state index is 6.35. The van der Waals surface area contributed by atoms with Crippen LogP contribution in [0.2, 0.25) is 10.0 Å². The van der Waals surface area contributed by atoms with Gasteiger partial charge < -0.3 is 10.5 Å². The van der Waals surface area contributed by atoms with Gasteiger partial charge >= 0.3 is 0 Å². The minimum Gasteiger partial charge on any atom is -0.488 e. The van der Waals surface area contributed by atoms with Crippen molar-refractivity contribution in [3.63, 3.8) is 0 Å². The molecular weight excluding hydrogens is 305 g/mol. The highest BCUT2D eigenvalue weighted by Crippen LogP contribution is 2.43. The third-order valence-corrected chi connectivity index (χ3v) is 4.36. The highest BCUT2D eigenvalue weighted by molar-refractivity contribution is 6.36. The predicted molar refractivity (Wildman–Crippen MR) is 88.4 cm³/mol. The number of halogens is 2. The van der Waals surface area contributed by atoms with Gasteiger partial charge in [0.1, 0.15) is 11.9 Å². The van der Waals surface area contributed by atoms with Crippen LogP contribution in [0.15, 0.2) is 30.3 Å². The molecule has 2 nitrogen and oxygen atoms in total. The van der Waals surface area contributed by atoms with Gasteiger partial charge in [0.05, 0.1) is 5.02 Å². The zero-order chi connectivity index (χ0) is 15.1. The molecule has 0 aliphatic carbocycles. The van der Waals surface area contributed by atoms with Gasteiger partial charge in [-0.2, -0.15) is 0 Å². The molecule has 0 aromatic heterocycles. The van der Waals surface area contributed by atoms with E-state index in [4.69, 9.17) is 33.7 Å². The molecular formula is C17H17Cl2NO. The summed E-state index contributed by atoms with van der Waals surface area (Å²) in [6.07, 6.45) is 0.860. The fourth-order valence-electron chi connectivity index (χ4n) is 2.75. The van der Waals surface area contributed by atoms with E-state index in [1.165, 1.54) is 11.1 Å². The first-order valence-corrected chi connectivity index (χ1v) is 7.72. The third kappa shape index (κ3) is 2.76. The average Bonchev–Trinajstić information content (AvgIpc) is 2.82. The molecule has 0 fully saturated rings. The number of ether oxygens (including phenoxy) is 1. The van der Waals surface area contributed by atoms with Crippen molar-refractivity contribution in [2.75, 3.05) is 0 Å². The smallest absolute Gasteiger partial charge is 0.131 e. The van der Waals surface area contributed by atoms with Gasteiger partial charge in [0, 0.05) is 28.6 Å². The molecule has 1 aliphatic heterocycles. The summed E-state index contributed by atoms with van der Waals surface area (Å²) >= 11 is 12.3. The van der Waals surface area contributed by atoms with Crippen molar-refractivity contribution in [1.29, 1.82) is 0 Å². The number of hydrogen-bond acceptors (Lipinski definition) is 2. The molecule has 2 aromatic rings. The highest BCUT2D eigenvalue weighted by Gasteiger charge is 2.29. The molecule has 0 saturated heterocycles. The van der Waals surface area contributed by atoms with E-state index >= 15 is 0 Å². The summed E-state index contributed by atoms with van der Waals surface area (Å²) in [5.41, 5.74) is 10.3. The van der Waals surface area contributed by atoms with Crippen molar-refractivity contribution < 1.29 is 4.74 Å². The van der Waals surface area contributed by atoms with E-state index in [-0.39, 0.29) is 12.1 Å². The van der Waals surface area contributed by atoms with Gasteiger partial charge in [-0.25, -0.2) is 0 Å². The molecule has 1 heterocycles. The minimum atomic E-state index is -0.00811. The standard InChI is InChI=1S/C17H17Cl2NO/c1-9-5-11-7-16(10(2)20)21-17(11)14(6-9)13-4-3-12(18)8-15(13)19/h3-6,8,10,16H,7,20H2,1-2H3. The van der Waals surface area contributed by atoms with Crippen molar-refractivity contribution in [2.24, 2.45) is 5.73 Å². The molecule has 2 N–H and O–H groups in total. The molecule has 0 amide bonds. The van der Waals surface area contributed by atoms with Crippen LogP contribution in [0.3, 0.4) is 0 Å². The maximum Gasteiger partial charge on any atom is 0.131 e. The van der Waals surface area contributed by atoms with Crippen LogP contribution < -0.4 is 10.5 Å². The summed E-state index contributed by atoms with van der Waals surface area (Å²) in [6, 6.07) is 9.78. The number of hydrogen-bond donors (Lipinski definition) is 1. The molecule has 2 unspecified atom stereocenters. The van der Waals surface area contributed by atoms with E-state index in [0.29, 0.717) is 10.0 Å². The van der Waals surface area contributed by atoms with E-state index in [9.17, 15) is 0 Å². The van der Waals surface area contributed by atoms with E-state index in [1.54, 1.807) is 6.07 Å². The monoisotopic (exact) mass is 321 g/mol. The maximum atomic E-state index is 6.35. The number of nitrogens with two attached hydrogens (primary N) is 1. The Hall–Kier alpha value is -1.22. The van der Waals surface area contributed by atoms with Crippen LogP contribution in [0.4, 0.5) is 0 Å². The van der Waals surface area contributed by atoms with Crippen molar-refractivity contribution in [2.45, 2.75) is 32.4 Å². The lowest BCUT2D eigenvalue weighted by atomic mass is 9.97. The molecule has 2 aromatic carbocycles. The van der Waals surface area contributed by atoms with Crippen LogP contribution >= 0.6 is 23.2 Å². The number of fused-ring (bicyclic) bond motifs is 1. The lowest BCUT2D eigenvalue weighted by Crippen LogP contribution is -2.34. The van der Waals surface area contributed by atoms with Gasteiger partial charge in [-0.05, 0) is 43.2 Å². The Morgan fingerprint density at radius 1 is 1.19 bits per heavy atom. The summed E-state index contributed by atoms with van der Waals surface area (Å²) in [7, 11) is 0. The van der Waals surface area contributed by atoms with Crippen molar-refractivity contribution in [3.8, 4) is 16.9 Å². The quantitative estimate of drug-likeness (QED) is 0.875. The summed E-state index contributed by atoms with van der Waals surface area (Å²) < 4.78 is 6.08. The Kier molecular flexibility index (Phi) is 3.87. The lowest BCUT2D eigenvalue weighted by molar-refractivity contribution is 0.207. The molecule has 0 spiro atoms. The molecule has 0 bridgehead atoms. The zero-order valence-corrected chi connectivity index (χ0v) is 13.5. The second kappa shape index (κ2) is 5.53. The van der Waals surface area contributed by atoms with Crippen LogP contribution in [0, 0.1) is 6.92 Å². The Labute approximate surface area is 134 Å². The predicted octanol–water partition coefficient (Wildman–Crippen LogP) is 4.62. The van der Waals surface area contributed by atoms with E-state index in [0.717, 1.165) is 23.3 Å². The molecule has 3 rings (SSSR count). The van der Waals surface area contributed by atoms with Crippen LogP contribution in [0.25, 0.3) is 11.1 Å². The normalized spacial score (nSPS) is 18.2. The second-order valence-electron chi connectivity index (χ2n) is 5.64. The van der Waals surface area contributed by atoms with E-state index in [2.05, 4.69) is 19.1 Å². The van der Waals surface area contributed by atoms with Crippen molar-refractivity contribution in [3.05, 3.63) is 51.5 Å². The molecule has 0 radical (unpaired) electrons. The van der Waals surface area contributed by atoms with Crippen LogP contribution in [0.1, 0.15) is 18.1 Å². The highest BCUT2D eigenvalue weighted by atomic mass is 35.5. The van der Waals surface area contributed by atoms with Gasteiger partial charge in [-0.3, -0.25) is 0 Å². The first-order chi connectivity index (χ1) is 9.95. The summed E-state index contributed by atoms with van der Waals surface area (Å²) in [4.78, 5) is 0. The molecule has 1 aliphatic rings. The minimum absolute atomic E-state index is 0.00811. The summed E-state index contributed by atoms with van der Waals surface area (Å²) in [5, 5.41) is 1.26. The zero-order valence-electron chi connectivity index (χ0n) is 12.0. The molecule has 2 atom stereocenters. The fraction of sp³-hybridized carbons (Fsp3) is 0.294. The number of benzene rings is 2. The summed E-state index contributed by atoms with van der Waals surface area (Å²) in [6.45, 7) is 4.05. The molecule has 21 heavy (non-hydrogen) atoms. The van der Waals surface area contributed by atoms with Crippen molar-refractivity contribution in [1.82, 2.24) is 0 Å². The summed E-state index contributed by atoms with van der Waals surface area (Å²) in [5.74, 6) is 0.895. The number of aryl methyl sites for hydroxylation is 1. The van der Waals surface area contributed by atoms with Gasteiger partial charge in [0.25, 0.3) is 0 Å². The van der Waals surface area contributed by atoms with Gasteiger partial charge in [0.2, 0.25) is 0 Å². The lowest BCUT2D eigenvalue weighted by Gasteiger charge is -2.16. The molecule has 110 valence electrons. The largest absolute Gasteiger partial charge is 0.488 e. The Morgan fingerprint density at radius 3 is 2.62 bits per heavy atom. The van der Waals surface area contributed by atoms with Crippen LogP contribution in [-0.2, 0) is 6.42 Å². The van der Waals surface area contributed by atoms with Crippen molar-refractivity contribution >= 4 is 23.2 Å². The van der Waals surface area contributed by atoms with E-state index < -0.39 is 0 Å². The Morgan fingerprint density at radius 2 is 1.95 bits per heavy atom. The Balaban J connectivity index is 2.13. The van der Waals surface area contributed by atoms with Gasteiger partial charge in [-0.15, -0.1) is 0 Å². The van der Waals surface area contributed by atoms with Crippen LogP contribution in [0.5, 0.6) is 5.75 Å². The molecule has 4 heteroatoms.